The van der Waals surface area contributed by atoms with Crippen LogP contribution in [0.3, 0.4) is 0 Å². The number of halogens is 1. The standard InChI is InChI=1S/C25H20BrNO3S/c26-17-7-9-21-16(12-17)13-20(25(29)30-21)23(28)27-10-11-31-24(27)19-8-6-15-5-4-14-2-1-3-18(19)22(14)15/h1-3,6-9,12-13,16,21,24H,4-5,10-11H2/t16-,21-,24-/m1/s1. The zero-order chi connectivity index (χ0) is 21.1. The topological polar surface area (TPSA) is 46.6 Å². The fraction of sp³-hybridized carbons (Fsp3) is 0.280. The number of hydrogen-bond acceptors (Lipinski definition) is 4. The number of thioether (sulfide) groups is 1. The maximum Gasteiger partial charge on any atom is 0.344 e. The van der Waals surface area contributed by atoms with E-state index in [1.807, 2.05) is 23.1 Å². The molecule has 6 heteroatoms. The molecule has 2 aliphatic heterocycles. The number of fused-ring (bicyclic) bond motifs is 1. The minimum Gasteiger partial charge on any atom is -0.453 e. The van der Waals surface area contributed by atoms with Crippen LogP contribution in [0, 0.1) is 5.92 Å². The van der Waals surface area contributed by atoms with Crippen molar-refractivity contribution in [3.8, 4) is 0 Å². The summed E-state index contributed by atoms with van der Waals surface area (Å²) in [7, 11) is 0. The minimum atomic E-state index is -0.529. The number of allylic oxidation sites excluding steroid dienone is 2. The summed E-state index contributed by atoms with van der Waals surface area (Å²) >= 11 is 5.24. The van der Waals surface area contributed by atoms with Gasteiger partial charge >= 0.3 is 5.97 Å². The predicted molar refractivity (Wildman–Crippen MR) is 126 cm³/mol. The van der Waals surface area contributed by atoms with Gasteiger partial charge in [0.1, 0.15) is 17.1 Å². The number of ether oxygens (including phenoxy) is 1. The van der Waals surface area contributed by atoms with Gasteiger partial charge in [-0.05, 0) is 52.5 Å². The lowest BCUT2D eigenvalue weighted by Crippen LogP contribution is -2.39. The Balaban J connectivity index is 1.37. The lowest BCUT2D eigenvalue weighted by atomic mass is 9.92. The number of nitrogens with zero attached hydrogens (tertiary/aromatic N) is 1. The number of aryl methyl sites for hydroxylation is 2. The molecule has 0 aromatic heterocycles. The first-order valence-corrected chi connectivity index (χ1v) is 12.4. The molecule has 0 saturated carbocycles. The molecule has 6 rings (SSSR count). The molecule has 0 radical (unpaired) electrons. The van der Waals surface area contributed by atoms with E-state index in [9.17, 15) is 9.59 Å². The predicted octanol–water partition coefficient (Wildman–Crippen LogP) is 4.83. The summed E-state index contributed by atoms with van der Waals surface area (Å²) in [6.45, 7) is 0.620. The molecule has 156 valence electrons. The highest BCUT2D eigenvalue weighted by Gasteiger charge is 2.39. The van der Waals surface area contributed by atoms with Gasteiger partial charge in [-0.3, -0.25) is 4.79 Å². The summed E-state index contributed by atoms with van der Waals surface area (Å²) in [6.07, 6.45) is 9.29. The minimum absolute atomic E-state index is 0.0997. The van der Waals surface area contributed by atoms with Crippen LogP contribution in [-0.4, -0.2) is 35.2 Å². The van der Waals surface area contributed by atoms with E-state index in [4.69, 9.17) is 4.74 Å². The van der Waals surface area contributed by atoms with Gasteiger partial charge < -0.3 is 9.64 Å². The molecule has 0 spiro atoms. The van der Waals surface area contributed by atoms with Gasteiger partial charge in [0.25, 0.3) is 5.91 Å². The summed E-state index contributed by atoms with van der Waals surface area (Å²) < 4.78 is 6.50. The Kier molecular flexibility index (Phi) is 4.62. The molecule has 0 bridgehead atoms. The second kappa shape index (κ2) is 7.38. The van der Waals surface area contributed by atoms with Crippen molar-refractivity contribution in [1.29, 1.82) is 0 Å². The van der Waals surface area contributed by atoms with Crippen molar-refractivity contribution < 1.29 is 14.3 Å². The van der Waals surface area contributed by atoms with Crippen molar-refractivity contribution in [3.05, 3.63) is 81.4 Å². The Bertz CT molecular complexity index is 1220. The Morgan fingerprint density at radius 1 is 1.13 bits per heavy atom. The van der Waals surface area contributed by atoms with Crippen LogP contribution in [-0.2, 0) is 27.2 Å². The van der Waals surface area contributed by atoms with Crippen molar-refractivity contribution in [2.45, 2.75) is 24.3 Å². The zero-order valence-electron chi connectivity index (χ0n) is 16.7. The van der Waals surface area contributed by atoms with Gasteiger partial charge in [-0.25, -0.2) is 4.79 Å². The molecule has 1 fully saturated rings. The maximum atomic E-state index is 13.5. The molecule has 4 nitrogen and oxygen atoms in total. The highest BCUT2D eigenvalue weighted by Crippen LogP contribution is 2.44. The van der Waals surface area contributed by atoms with Crippen molar-refractivity contribution in [1.82, 2.24) is 4.90 Å². The second-order valence-electron chi connectivity index (χ2n) is 8.31. The van der Waals surface area contributed by atoms with E-state index in [0.717, 1.165) is 28.6 Å². The smallest absolute Gasteiger partial charge is 0.344 e. The molecule has 0 unspecified atom stereocenters. The van der Waals surface area contributed by atoms with E-state index in [1.165, 1.54) is 21.9 Å². The largest absolute Gasteiger partial charge is 0.453 e. The van der Waals surface area contributed by atoms with Gasteiger partial charge in [-0.1, -0.05) is 58.4 Å². The average molecular weight is 494 g/mol. The molecule has 4 aliphatic rings. The maximum absolute atomic E-state index is 13.5. The van der Waals surface area contributed by atoms with Gasteiger partial charge in [0.15, 0.2) is 0 Å². The molecule has 2 heterocycles. The van der Waals surface area contributed by atoms with Gasteiger partial charge in [-0.2, -0.15) is 0 Å². The van der Waals surface area contributed by atoms with Gasteiger partial charge in [0, 0.05) is 22.7 Å². The van der Waals surface area contributed by atoms with Crippen LogP contribution in [0.15, 0.2) is 64.7 Å². The average Bonchev–Trinajstić information content (AvgIpc) is 3.42. The van der Waals surface area contributed by atoms with E-state index >= 15 is 0 Å². The third-order valence-electron chi connectivity index (χ3n) is 6.56. The van der Waals surface area contributed by atoms with Crippen molar-refractivity contribution in [3.63, 3.8) is 0 Å². The first-order chi connectivity index (χ1) is 15.1. The van der Waals surface area contributed by atoms with E-state index in [0.29, 0.717) is 6.54 Å². The fourth-order valence-corrected chi connectivity index (χ4v) is 6.84. The lowest BCUT2D eigenvalue weighted by Gasteiger charge is -2.31. The molecule has 0 N–H and O–H groups in total. The summed E-state index contributed by atoms with van der Waals surface area (Å²) in [5.41, 5.74) is 4.08. The van der Waals surface area contributed by atoms with Crippen molar-refractivity contribution in [2.75, 3.05) is 12.3 Å². The van der Waals surface area contributed by atoms with Crippen LogP contribution in [0.2, 0.25) is 0 Å². The lowest BCUT2D eigenvalue weighted by molar-refractivity contribution is -0.147. The molecule has 31 heavy (non-hydrogen) atoms. The number of carbonyl (C=O) groups excluding carboxylic acids is 2. The quantitative estimate of drug-likeness (QED) is 0.444. The van der Waals surface area contributed by atoms with Gasteiger partial charge in [0.2, 0.25) is 0 Å². The monoisotopic (exact) mass is 493 g/mol. The van der Waals surface area contributed by atoms with Crippen molar-refractivity contribution in [2.24, 2.45) is 5.92 Å². The molecular weight excluding hydrogens is 474 g/mol. The van der Waals surface area contributed by atoms with Gasteiger partial charge in [-0.15, -0.1) is 11.8 Å². The van der Waals surface area contributed by atoms with Crippen LogP contribution in [0.4, 0.5) is 0 Å². The first kappa shape index (κ1) is 19.4. The number of carbonyl (C=O) groups is 2. The summed E-state index contributed by atoms with van der Waals surface area (Å²) in [6, 6.07) is 10.9. The fourth-order valence-electron chi connectivity index (χ4n) is 5.09. The van der Waals surface area contributed by atoms with Crippen LogP contribution in [0.5, 0.6) is 0 Å². The van der Waals surface area contributed by atoms with Crippen LogP contribution in [0.1, 0.15) is 22.1 Å². The first-order valence-electron chi connectivity index (χ1n) is 10.5. The Morgan fingerprint density at radius 3 is 2.84 bits per heavy atom. The van der Waals surface area contributed by atoms with Crippen LogP contribution in [0.25, 0.3) is 10.8 Å². The molecule has 2 aromatic rings. The van der Waals surface area contributed by atoms with E-state index < -0.39 is 5.97 Å². The molecular formula is C25H20BrNO3S. The molecule has 3 atom stereocenters. The Hall–Kier alpha value is -2.31. The number of hydrogen-bond donors (Lipinski definition) is 0. The summed E-state index contributed by atoms with van der Waals surface area (Å²) in [5, 5.41) is 2.48. The number of rotatable bonds is 2. The van der Waals surface area contributed by atoms with E-state index in [2.05, 4.69) is 46.3 Å². The normalized spacial score (nSPS) is 26.5. The van der Waals surface area contributed by atoms with Crippen LogP contribution < -0.4 is 0 Å². The SMILES string of the molecule is O=C1O[C@@H]2C=CC(Br)=C[C@@H]2C=C1C(=O)N1CCS[C@@H]1c1ccc2c3c(cccc13)CC2. The van der Waals surface area contributed by atoms with E-state index in [1.54, 1.807) is 17.8 Å². The highest BCUT2D eigenvalue weighted by atomic mass is 79.9. The molecule has 2 aromatic carbocycles. The Labute approximate surface area is 193 Å². The molecule has 1 saturated heterocycles. The Morgan fingerprint density at radius 2 is 1.97 bits per heavy atom. The van der Waals surface area contributed by atoms with Crippen LogP contribution >= 0.6 is 27.7 Å². The van der Waals surface area contributed by atoms with Gasteiger partial charge in [0.05, 0.1) is 0 Å². The number of amides is 1. The summed E-state index contributed by atoms with van der Waals surface area (Å²) in [4.78, 5) is 28.0. The molecule has 1 amide bonds. The number of benzene rings is 2. The zero-order valence-corrected chi connectivity index (χ0v) is 19.1. The third-order valence-corrected chi connectivity index (χ3v) is 8.33. The number of esters is 1. The van der Waals surface area contributed by atoms with E-state index in [-0.39, 0.29) is 28.9 Å². The highest BCUT2D eigenvalue weighted by molar-refractivity contribution is 9.11. The second-order valence-corrected chi connectivity index (χ2v) is 10.4. The van der Waals surface area contributed by atoms with Crippen molar-refractivity contribution >= 4 is 50.3 Å². The molecule has 2 aliphatic carbocycles. The summed E-state index contributed by atoms with van der Waals surface area (Å²) in [5.74, 6) is -0.0391. The third kappa shape index (κ3) is 3.11.